The first-order valence-electron chi connectivity index (χ1n) is 6.81. The highest BCUT2D eigenvalue weighted by Gasteiger charge is 2.25. The van der Waals surface area contributed by atoms with Gasteiger partial charge in [-0.2, -0.15) is 4.57 Å². The van der Waals surface area contributed by atoms with Gasteiger partial charge in [0.1, 0.15) is 0 Å². The largest absolute Gasteiger partial charge is 0.252 e. The molecule has 1 heterocycles. The molecular formula is C16H19N2+. The van der Waals surface area contributed by atoms with Crippen molar-refractivity contribution in [3.05, 3.63) is 60.2 Å². The fourth-order valence-corrected chi connectivity index (χ4v) is 2.88. The quantitative estimate of drug-likeness (QED) is 0.752. The monoisotopic (exact) mass is 239 g/mol. The highest BCUT2D eigenvalue weighted by atomic mass is 15.0. The van der Waals surface area contributed by atoms with Crippen LogP contribution < -0.4 is 4.57 Å². The van der Waals surface area contributed by atoms with E-state index in [-0.39, 0.29) is 0 Å². The molecule has 0 atom stereocenters. The predicted octanol–water partition coefficient (Wildman–Crippen LogP) is 3.08. The molecule has 0 N–H and O–H groups in total. The Morgan fingerprint density at radius 2 is 1.89 bits per heavy atom. The summed E-state index contributed by atoms with van der Waals surface area (Å²) in [4.78, 5) is 4.31. The lowest BCUT2D eigenvalue weighted by molar-refractivity contribution is -0.697. The highest BCUT2D eigenvalue weighted by Crippen LogP contribution is 2.31. The third kappa shape index (κ3) is 2.42. The first kappa shape index (κ1) is 11.4. The van der Waals surface area contributed by atoms with Crippen molar-refractivity contribution in [2.45, 2.75) is 38.1 Å². The fourth-order valence-electron chi connectivity index (χ4n) is 2.88. The normalized spacial score (nSPS) is 16.0. The van der Waals surface area contributed by atoms with Crippen LogP contribution in [0.3, 0.4) is 0 Å². The Morgan fingerprint density at radius 1 is 1.11 bits per heavy atom. The second kappa shape index (κ2) is 5.30. The van der Waals surface area contributed by atoms with Crippen molar-refractivity contribution < 1.29 is 4.57 Å². The molecule has 1 aliphatic carbocycles. The van der Waals surface area contributed by atoms with E-state index in [0.29, 0.717) is 5.92 Å². The summed E-state index contributed by atoms with van der Waals surface area (Å²) in [5.74, 6) is 0.711. The van der Waals surface area contributed by atoms with Gasteiger partial charge in [0.25, 0.3) is 0 Å². The maximum atomic E-state index is 4.31. The molecule has 3 rings (SSSR count). The van der Waals surface area contributed by atoms with Crippen molar-refractivity contribution in [3.63, 3.8) is 0 Å². The minimum absolute atomic E-state index is 0.711. The number of rotatable bonds is 3. The van der Waals surface area contributed by atoms with E-state index in [1.54, 1.807) is 0 Å². The van der Waals surface area contributed by atoms with Crippen LogP contribution in [0, 0.1) is 0 Å². The van der Waals surface area contributed by atoms with Crippen LogP contribution in [0.5, 0.6) is 0 Å². The predicted molar refractivity (Wildman–Crippen MR) is 71.2 cm³/mol. The van der Waals surface area contributed by atoms with Crippen molar-refractivity contribution in [2.75, 3.05) is 0 Å². The van der Waals surface area contributed by atoms with E-state index in [4.69, 9.17) is 0 Å². The van der Waals surface area contributed by atoms with Gasteiger partial charge in [0, 0.05) is 11.5 Å². The van der Waals surface area contributed by atoms with Gasteiger partial charge in [-0.25, -0.2) is 0 Å². The lowest BCUT2D eigenvalue weighted by Gasteiger charge is -2.08. The lowest BCUT2D eigenvalue weighted by Crippen LogP contribution is -2.39. The zero-order chi connectivity index (χ0) is 12.2. The van der Waals surface area contributed by atoms with E-state index in [1.807, 2.05) is 6.20 Å². The van der Waals surface area contributed by atoms with Crippen LogP contribution in [0.15, 0.2) is 48.9 Å². The second-order valence-electron chi connectivity index (χ2n) is 5.10. The van der Waals surface area contributed by atoms with Gasteiger partial charge in [-0.05, 0) is 12.8 Å². The zero-order valence-electron chi connectivity index (χ0n) is 10.6. The number of nitrogens with zero attached hydrogens (tertiary/aromatic N) is 2. The van der Waals surface area contributed by atoms with Crippen molar-refractivity contribution >= 4 is 0 Å². The molecular weight excluding hydrogens is 220 g/mol. The van der Waals surface area contributed by atoms with Gasteiger partial charge >= 0.3 is 0 Å². The molecule has 0 unspecified atom stereocenters. The van der Waals surface area contributed by atoms with Crippen LogP contribution in [0.1, 0.15) is 42.9 Å². The summed E-state index contributed by atoms with van der Waals surface area (Å²) >= 11 is 0. The number of benzene rings is 1. The zero-order valence-corrected chi connectivity index (χ0v) is 10.6. The van der Waals surface area contributed by atoms with Crippen LogP contribution in [-0.4, -0.2) is 4.98 Å². The van der Waals surface area contributed by atoms with Crippen LogP contribution in [0.4, 0.5) is 0 Å². The fraction of sp³-hybridized carbons (Fsp3) is 0.375. The first-order chi connectivity index (χ1) is 8.93. The Hall–Kier alpha value is -1.70. The molecule has 0 amide bonds. The molecule has 1 aromatic heterocycles. The van der Waals surface area contributed by atoms with Crippen LogP contribution in [0.2, 0.25) is 0 Å². The van der Waals surface area contributed by atoms with E-state index in [9.17, 15) is 0 Å². The van der Waals surface area contributed by atoms with Crippen LogP contribution in [0.25, 0.3) is 0 Å². The highest BCUT2D eigenvalue weighted by molar-refractivity contribution is 5.13. The molecule has 1 aliphatic rings. The third-order valence-corrected chi connectivity index (χ3v) is 3.84. The average molecular weight is 239 g/mol. The smallest absolute Gasteiger partial charge is 0.203 e. The molecule has 2 aromatic rings. The molecule has 2 nitrogen and oxygen atoms in total. The van der Waals surface area contributed by atoms with Crippen LogP contribution in [-0.2, 0) is 6.54 Å². The van der Waals surface area contributed by atoms with E-state index >= 15 is 0 Å². The molecule has 1 saturated carbocycles. The SMILES string of the molecule is c1ccc(C[n+]2ccncc2C2CCCC2)cc1. The van der Waals surface area contributed by atoms with E-state index < -0.39 is 0 Å². The molecule has 0 aliphatic heterocycles. The molecule has 1 aromatic carbocycles. The lowest BCUT2D eigenvalue weighted by atomic mass is 10.0. The molecule has 18 heavy (non-hydrogen) atoms. The summed E-state index contributed by atoms with van der Waals surface area (Å²) in [7, 11) is 0. The minimum Gasteiger partial charge on any atom is -0.252 e. The number of hydrogen-bond acceptors (Lipinski definition) is 1. The molecule has 2 heteroatoms. The average Bonchev–Trinajstić information content (AvgIpc) is 2.94. The maximum absolute atomic E-state index is 4.31. The topological polar surface area (TPSA) is 16.8 Å². The Kier molecular flexibility index (Phi) is 3.35. The summed E-state index contributed by atoms with van der Waals surface area (Å²) in [5, 5.41) is 0. The second-order valence-corrected chi connectivity index (χ2v) is 5.10. The third-order valence-electron chi connectivity index (χ3n) is 3.84. The first-order valence-corrected chi connectivity index (χ1v) is 6.81. The molecule has 92 valence electrons. The van der Waals surface area contributed by atoms with Gasteiger partial charge in [0.05, 0.1) is 12.4 Å². The van der Waals surface area contributed by atoms with Gasteiger partial charge in [0.2, 0.25) is 5.69 Å². The summed E-state index contributed by atoms with van der Waals surface area (Å²) in [6.45, 7) is 0.954. The van der Waals surface area contributed by atoms with E-state index in [2.05, 4.69) is 52.3 Å². The maximum Gasteiger partial charge on any atom is 0.203 e. The van der Waals surface area contributed by atoms with Gasteiger partial charge in [-0.3, -0.25) is 4.98 Å². The van der Waals surface area contributed by atoms with Gasteiger partial charge < -0.3 is 0 Å². The van der Waals surface area contributed by atoms with Gasteiger partial charge in [-0.15, -0.1) is 0 Å². The number of aromatic nitrogens is 2. The van der Waals surface area contributed by atoms with Gasteiger partial charge in [0.15, 0.2) is 12.7 Å². The van der Waals surface area contributed by atoms with Crippen molar-refractivity contribution in [1.82, 2.24) is 4.98 Å². The molecule has 0 saturated heterocycles. The summed E-state index contributed by atoms with van der Waals surface area (Å²) in [6, 6.07) is 10.6. The number of hydrogen-bond donors (Lipinski definition) is 0. The van der Waals surface area contributed by atoms with Crippen LogP contribution >= 0.6 is 0 Å². The van der Waals surface area contributed by atoms with Crippen molar-refractivity contribution in [2.24, 2.45) is 0 Å². The van der Waals surface area contributed by atoms with E-state index in [0.717, 1.165) is 6.54 Å². The molecule has 0 bridgehead atoms. The summed E-state index contributed by atoms with van der Waals surface area (Å²) in [5.41, 5.74) is 2.76. The molecule has 1 fully saturated rings. The molecule has 0 radical (unpaired) electrons. The minimum atomic E-state index is 0.711. The Bertz CT molecular complexity index is 502. The summed E-state index contributed by atoms with van der Waals surface area (Å²) in [6.07, 6.45) is 11.4. The Morgan fingerprint density at radius 3 is 2.67 bits per heavy atom. The van der Waals surface area contributed by atoms with Crippen molar-refractivity contribution in [1.29, 1.82) is 0 Å². The van der Waals surface area contributed by atoms with E-state index in [1.165, 1.54) is 36.9 Å². The Balaban J connectivity index is 1.87. The summed E-state index contributed by atoms with van der Waals surface area (Å²) < 4.78 is 2.36. The van der Waals surface area contributed by atoms with Crippen molar-refractivity contribution in [3.8, 4) is 0 Å². The molecule has 0 spiro atoms. The van der Waals surface area contributed by atoms with Gasteiger partial charge in [-0.1, -0.05) is 43.2 Å². The standard InChI is InChI=1S/C16H19N2/c1-2-6-14(7-3-1)13-18-11-10-17-12-16(18)15-8-4-5-9-15/h1-3,6-7,10-12,15H,4-5,8-9,13H2/q+1. The Labute approximate surface area is 108 Å².